The molecule has 0 bridgehead atoms. The number of aliphatic carboxylic acids is 1. The van der Waals surface area contributed by atoms with Crippen molar-refractivity contribution in [2.24, 2.45) is 7.05 Å². The predicted octanol–water partition coefficient (Wildman–Crippen LogP) is 2.72. The molecule has 0 unspecified atom stereocenters. The fraction of sp³-hybridized carbons (Fsp3) is 0.312. The standard InChI is InChI=1S/C16H17ClFN3O3/c1-3-4-10-8-13(21(2)20-10)15(22)19-14(16(23)24)9-5-6-12(18)11(17)7-9/h5-8,14H,3-4H2,1-2H3,(H,19,22)(H,23,24)/t14-/m1/s1. The van der Waals surface area contributed by atoms with Gasteiger partial charge in [0.25, 0.3) is 5.91 Å². The Balaban J connectivity index is 2.25. The van der Waals surface area contributed by atoms with Crippen LogP contribution in [0.1, 0.15) is 41.1 Å². The van der Waals surface area contributed by atoms with Crippen LogP contribution in [-0.2, 0) is 18.3 Å². The van der Waals surface area contributed by atoms with E-state index in [1.165, 1.54) is 16.8 Å². The zero-order valence-electron chi connectivity index (χ0n) is 13.2. The SMILES string of the molecule is CCCc1cc(C(=O)N[C@@H](C(=O)O)c2ccc(F)c(Cl)c2)n(C)n1. The molecule has 2 aromatic rings. The molecule has 2 N–H and O–H groups in total. The summed E-state index contributed by atoms with van der Waals surface area (Å²) in [6.07, 6.45) is 1.60. The van der Waals surface area contributed by atoms with Crippen LogP contribution in [0.25, 0.3) is 0 Å². The lowest BCUT2D eigenvalue weighted by Gasteiger charge is -2.15. The zero-order valence-corrected chi connectivity index (χ0v) is 14.0. The number of nitrogens with zero attached hydrogens (tertiary/aromatic N) is 2. The van der Waals surface area contributed by atoms with E-state index >= 15 is 0 Å². The third-order valence-corrected chi connectivity index (χ3v) is 3.76. The van der Waals surface area contributed by atoms with Crippen LogP contribution in [0.4, 0.5) is 4.39 Å². The van der Waals surface area contributed by atoms with Crippen LogP contribution in [0, 0.1) is 5.82 Å². The normalized spacial score (nSPS) is 12.0. The fourth-order valence-corrected chi connectivity index (χ4v) is 2.49. The molecule has 0 saturated carbocycles. The van der Waals surface area contributed by atoms with E-state index < -0.39 is 23.7 Å². The number of halogens is 2. The smallest absolute Gasteiger partial charge is 0.330 e. The summed E-state index contributed by atoms with van der Waals surface area (Å²) >= 11 is 5.68. The minimum atomic E-state index is -1.35. The monoisotopic (exact) mass is 353 g/mol. The number of aryl methyl sites for hydroxylation is 2. The Kier molecular flexibility index (Phi) is 5.56. The number of benzene rings is 1. The molecule has 0 spiro atoms. The molecule has 2 rings (SSSR count). The first kappa shape index (κ1) is 17.9. The summed E-state index contributed by atoms with van der Waals surface area (Å²) in [4.78, 5) is 23.9. The highest BCUT2D eigenvalue weighted by atomic mass is 35.5. The molecule has 24 heavy (non-hydrogen) atoms. The summed E-state index contributed by atoms with van der Waals surface area (Å²) in [6, 6.07) is 3.78. The van der Waals surface area contributed by atoms with E-state index in [1.807, 2.05) is 6.92 Å². The van der Waals surface area contributed by atoms with Crippen LogP contribution in [-0.4, -0.2) is 26.8 Å². The van der Waals surface area contributed by atoms with Crippen molar-refractivity contribution in [3.05, 3.63) is 52.1 Å². The first-order chi connectivity index (χ1) is 11.3. The van der Waals surface area contributed by atoms with Gasteiger partial charge in [0.15, 0.2) is 6.04 Å². The summed E-state index contributed by atoms with van der Waals surface area (Å²) in [6.45, 7) is 1.99. The summed E-state index contributed by atoms with van der Waals surface area (Å²) < 4.78 is 14.6. The van der Waals surface area contributed by atoms with Crippen LogP contribution >= 0.6 is 11.6 Å². The van der Waals surface area contributed by atoms with Crippen molar-refractivity contribution >= 4 is 23.5 Å². The number of aromatic nitrogens is 2. The van der Waals surface area contributed by atoms with Gasteiger partial charge in [0.2, 0.25) is 0 Å². The Labute approximate surface area is 143 Å². The number of nitrogens with one attached hydrogen (secondary N) is 1. The molecular weight excluding hydrogens is 337 g/mol. The molecule has 1 atom stereocenters. The van der Waals surface area contributed by atoms with E-state index in [0.29, 0.717) is 0 Å². The van der Waals surface area contributed by atoms with Gasteiger partial charge in [-0.15, -0.1) is 0 Å². The number of amides is 1. The van der Waals surface area contributed by atoms with Gasteiger partial charge in [-0.25, -0.2) is 9.18 Å². The number of hydrogen-bond acceptors (Lipinski definition) is 3. The van der Waals surface area contributed by atoms with Crippen molar-refractivity contribution in [1.29, 1.82) is 0 Å². The van der Waals surface area contributed by atoms with Crippen LogP contribution in [0.5, 0.6) is 0 Å². The largest absolute Gasteiger partial charge is 0.479 e. The van der Waals surface area contributed by atoms with Crippen molar-refractivity contribution in [1.82, 2.24) is 15.1 Å². The second-order valence-corrected chi connectivity index (χ2v) is 5.72. The van der Waals surface area contributed by atoms with Gasteiger partial charge in [0.05, 0.1) is 10.7 Å². The van der Waals surface area contributed by atoms with Crippen molar-refractivity contribution in [2.75, 3.05) is 0 Å². The van der Waals surface area contributed by atoms with Gasteiger partial charge < -0.3 is 10.4 Å². The van der Waals surface area contributed by atoms with Crippen molar-refractivity contribution in [3.63, 3.8) is 0 Å². The van der Waals surface area contributed by atoms with Gasteiger partial charge in [0.1, 0.15) is 11.5 Å². The minimum absolute atomic E-state index is 0.179. The van der Waals surface area contributed by atoms with Gasteiger partial charge in [-0.05, 0) is 30.2 Å². The first-order valence-corrected chi connectivity index (χ1v) is 7.72. The molecular formula is C16H17ClFN3O3. The molecule has 0 aliphatic heterocycles. The van der Waals surface area contributed by atoms with Crippen molar-refractivity contribution < 1.29 is 19.1 Å². The van der Waals surface area contributed by atoms with E-state index in [2.05, 4.69) is 10.4 Å². The minimum Gasteiger partial charge on any atom is -0.479 e. The first-order valence-electron chi connectivity index (χ1n) is 7.35. The number of carboxylic acid groups (broad SMARTS) is 1. The van der Waals surface area contributed by atoms with Gasteiger partial charge in [0, 0.05) is 7.05 Å². The lowest BCUT2D eigenvalue weighted by molar-refractivity contribution is -0.139. The summed E-state index contributed by atoms with van der Waals surface area (Å²) in [5.41, 5.74) is 1.18. The van der Waals surface area contributed by atoms with Crippen LogP contribution in [0.2, 0.25) is 5.02 Å². The summed E-state index contributed by atoms with van der Waals surface area (Å²) in [7, 11) is 1.61. The third-order valence-electron chi connectivity index (χ3n) is 3.47. The van der Waals surface area contributed by atoms with Gasteiger partial charge in [-0.2, -0.15) is 5.10 Å². The number of carboxylic acids is 1. The molecule has 6 nitrogen and oxygen atoms in total. The van der Waals surface area contributed by atoms with Gasteiger partial charge in [-0.1, -0.05) is 31.0 Å². The van der Waals surface area contributed by atoms with E-state index in [0.717, 1.165) is 24.6 Å². The molecule has 1 aromatic carbocycles. The van der Waals surface area contributed by atoms with Crippen LogP contribution in [0.3, 0.4) is 0 Å². The van der Waals surface area contributed by atoms with E-state index in [9.17, 15) is 19.1 Å². The molecule has 1 heterocycles. The fourth-order valence-electron chi connectivity index (χ4n) is 2.30. The maximum Gasteiger partial charge on any atom is 0.330 e. The van der Waals surface area contributed by atoms with Crippen molar-refractivity contribution in [2.45, 2.75) is 25.8 Å². The molecule has 0 fully saturated rings. The Hall–Kier alpha value is -2.41. The number of carbonyl (C=O) groups is 2. The van der Waals surface area contributed by atoms with Crippen molar-refractivity contribution in [3.8, 4) is 0 Å². The molecule has 0 aliphatic carbocycles. The Morgan fingerprint density at radius 1 is 1.42 bits per heavy atom. The van der Waals surface area contributed by atoms with Gasteiger partial charge >= 0.3 is 5.97 Å². The lowest BCUT2D eigenvalue weighted by Crippen LogP contribution is -2.34. The van der Waals surface area contributed by atoms with E-state index in [4.69, 9.17) is 11.6 Å². The third kappa shape index (κ3) is 3.91. The molecule has 1 amide bonds. The maximum absolute atomic E-state index is 13.2. The Morgan fingerprint density at radius 2 is 2.12 bits per heavy atom. The highest BCUT2D eigenvalue weighted by molar-refractivity contribution is 6.30. The second kappa shape index (κ2) is 7.44. The molecule has 0 radical (unpaired) electrons. The van der Waals surface area contributed by atoms with Crippen LogP contribution in [0.15, 0.2) is 24.3 Å². The quantitative estimate of drug-likeness (QED) is 0.836. The highest BCUT2D eigenvalue weighted by Gasteiger charge is 2.25. The average molecular weight is 354 g/mol. The second-order valence-electron chi connectivity index (χ2n) is 5.31. The molecule has 0 saturated heterocycles. The Bertz CT molecular complexity index is 776. The van der Waals surface area contributed by atoms with E-state index in [-0.39, 0.29) is 16.3 Å². The molecule has 8 heteroatoms. The summed E-state index contributed by atoms with van der Waals surface area (Å²) in [5.74, 6) is -2.52. The number of carbonyl (C=O) groups excluding carboxylic acids is 1. The number of rotatable bonds is 6. The average Bonchev–Trinajstić information content (AvgIpc) is 2.88. The maximum atomic E-state index is 13.2. The predicted molar refractivity (Wildman–Crippen MR) is 86.5 cm³/mol. The summed E-state index contributed by atoms with van der Waals surface area (Å²) in [5, 5.41) is 15.8. The molecule has 1 aromatic heterocycles. The molecule has 128 valence electrons. The zero-order chi connectivity index (χ0) is 17.9. The highest BCUT2D eigenvalue weighted by Crippen LogP contribution is 2.21. The number of hydrogen-bond donors (Lipinski definition) is 2. The Morgan fingerprint density at radius 3 is 2.71 bits per heavy atom. The van der Waals surface area contributed by atoms with Crippen LogP contribution < -0.4 is 5.32 Å². The topological polar surface area (TPSA) is 84.2 Å². The van der Waals surface area contributed by atoms with Gasteiger partial charge in [-0.3, -0.25) is 9.48 Å². The lowest BCUT2D eigenvalue weighted by atomic mass is 10.1. The van der Waals surface area contributed by atoms with E-state index in [1.54, 1.807) is 13.1 Å². The molecule has 0 aliphatic rings.